The van der Waals surface area contributed by atoms with Gasteiger partial charge in [0.15, 0.2) is 45.8 Å². The van der Waals surface area contributed by atoms with Crippen LogP contribution in [0.4, 0.5) is 11.6 Å². The van der Waals surface area contributed by atoms with Gasteiger partial charge >= 0.3 is 8.25 Å². The van der Waals surface area contributed by atoms with Crippen molar-refractivity contribution in [2.75, 3.05) is 64.4 Å². The Hall–Kier alpha value is -4.58. The zero-order chi connectivity index (χ0) is 39.9. The van der Waals surface area contributed by atoms with Gasteiger partial charge in [-0.3, -0.25) is 0 Å². The Morgan fingerprint density at radius 3 is 1.21 bits per heavy atom. The maximum absolute atomic E-state index is 14.5. The molecule has 4 aromatic rings. The normalized spacial score (nSPS) is 14.6. The van der Waals surface area contributed by atoms with E-state index in [2.05, 4.69) is 9.80 Å². The van der Waals surface area contributed by atoms with Crippen molar-refractivity contribution in [3.8, 4) is 45.5 Å². The summed E-state index contributed by atoms with van der Waals surface area (Å²) in [6.07, 6.45) is 6.16. The molecule has 2 aliphatic rings. The van der Waals surface area contributed by atoms with Crippen LogP contribution >= 0.6 is 8.25 Å². The molecule has 4 heterocycles. The Morgan fingerprint density at radius 1 is 0.536 bits per heavy atom. The summed E-state index contributed by atoms with van der Waals surface area (Å²) in [4.78, 5) is 25.0. The summed E-state index contributed by atoms with van der Waals surface area (Å²) in [5.41, 5.74) is 0.843. The molecule has 0 amide bonds. The topological polar surface area (TPSA) is 130 Å². The molecule has 2 aliphatic heterocycles. The number of methoxy groups -OCH3 is 4. The van der Waals surface area contributed by atoms with Gasteiger partial charge in [0.1, 0.15) is 11.6 Å². The average molecular weight is 788 g/mol. The molecule has 2 saturated heterocycles. The van der Waals surface area contributed by atoms with Crippen molar-refractivity contribution in [3.05, 3.63) is 60.2 Å². The highest BCUT2D eigenvalue weighted by Gasteiger charge is 2.50. The fourth-order valence-corrected chi connectivity index (χ4v) is 8.84. The van der Waals surface area contributed by atoms with Crippen LogP contribution in [0.25, 0.3) is 22.5 Å². The van der Waals surface area contributed by atoms with Gasteiger partial charge in [0.2, 0.25) is 0 Å². The monoisotopic (exact) mass is 787 g/mol. The van der Waals surface area contributed by atoms with E-state index in [1.807, 2.05) is 76.2 Å². The van der Waals surface area contributed by atoms with Crippen LogP contribution in [-0.4, -0.2) is 74.6 Å². The van der Waals surface area contributed by atoms with Crippen LogP contribution in [0.1, 0.15) is 90.7 Å². The molecule has 0 saturated carbocycles. The largest absolute Gasteiger partial charge is 0.699 e. The van der Waals surface area contributed by atoms with Gasteiger partial charge in [-0.1, -0.05) is 27.7 Å². The Bertz CT molecular complexity index is 1840. The fraction of sp³-hybridized carbons (Fsp3) is 0.524. The van der Waals surface area contributed by atoms with E-state index in [9.17, 15) is 4.57 Å². The molecule has 0 spiro atoms. The molecule has 2 aromatic carbocycles. The molecular formula is C42H56N6O7P+. The maximum Gasteiger partial charge on any atom is 0.699 e. The minimum Gasteiger partial charge on any atom is -0.493 e. The van der Waals surface area contributed by atoms with Crippen LogP contribution in [0, 0.1) is 0 Å². The molecule has 2 aromatic heterocycles. The molecule has 56 heavy (non-hydrogen) atoms. The number of benzene rings is 2. The van der Waals surface area contributed by atoms with E-state index in [1.165, 1.54) is 0 Å². The van der Waals surface area contributed by atoms with E-state index < -0.39 is 19.5 Å². The third-order valence-electron chi connectivity index (χ3n) is 11.2. The van der Waals surface area contributed by atoms with Gasteiger partial charge in [0.05, 0.1) is 39.8 Å². The van der Waals surface area contributed by atoms with E-state index in [-0.39, 0.29) is 0 Å². The lowest BCUT2D eigenvalue weighted by molar-refractivity contribution is -0.00951. The summed E-state index contributed by atoms with van der Waals surface area (Å²) in [5, 5.41) is 0. The second-order valence-electron chi connectivity index (χ2n) is 14.2. The first-order valence-electron chi connectivity index (χ1n) is 19.8. The zero-order valence-electron chi connectivity index (χ0n) is 34.1. The lowest BCUT2D eigenvalue weighted by Crippen LogP contribution is -2.33. The SMILES string of the molecule is CCC(CC)(O[P+](=O)OC(CC)(CC)c1nc(-c2ccc(OC)c(OC)c2)cc(N2CCCC2)n1)c1nc(-c2ccc(OC)c(OC)c2)cc(N2CCCC2)n1. The van der Waals surface area contributed by atoms with Crippen molar-refractivity contribution in [1.82, 2.24) is 19.9 Å². The molecule has 300 valence electrons. The van der Waals surface area contributed by atoms with Crippen molar-refractivity contribution < 1.29 is 32.6 Å². The quantitative estimate of drug-likeness (QED) is 0.0889. The number of rotatable bonds is 18. The summed E-state index contributed by atoms with van der Waals surface area (Å²) in [7, 11) is 3.72. The Labute approximate surface area is 332 Å². The van der Waals surface area contributed by atoms with E-state index in [1.54, 1.807) is 28.4 Å². The second kappa shape index (κ2) is 18.1. The third-order valence-corrected chi connectivity index (χ3v) is 12.2. The summed E-state index contributed by atoms with van der Waals surface area (Å²) in [5.74, 6) is 4.94. The number of ether oxygens (including phenoxy) is 4. The summed E-state index contributed by atoms with van der Waals surface area (Å²) in [6, 6.07) is 15.5. The van der Waals surface area contributed by atoms with Crippen LogP contribution in [-0.2, 0) is 24.8 Å². The van der Waals surface area contributed by atoms with E-state index >= 15 is 0 Å². The Kier molecular flexibility index (Phi) is 13.3. The highest BCUT2D eigenvalue weighted by molar-refractivity contribution is 7.33. The van der Waals surface area contributed by atoms with E-state index in [0.29, 0.717) is 71.7 Å². The molecule has 2 fully saturated rings. The predicted molar refractivity (Wildman–Crippen MR) is 218 cm³/mol. The van der Waals surface area contributed by atoms with Crippen LogP contribution in [0.3, 0.4) is 0 Å². The van der Waals surface area contributed by atoms with Crippen molar-refractivity contribution in [2.45, 2.75) is 90.3 Å². The van der Waals surface area contributed by atoms with E-state index in [4.69, 9.17) is 47.9 Å². The van der Waals surface area contributed by atoms with Crippen molar-refractivity contribution in [2.24, 2.45) is 0 Å². The van der Waals surface area contributed by atoms with Gasteiger partial charge in [-0.05, 0) is 87.8 Å². The minimum absolute atomic E-state index is 0.449. The van der Waals surface area contributed by atoms with E-state index in [0.717, 1.165) is 74.6 Å². The molecule has 0 aliphatic carbocycles. The number of hydrogen-bond acceptors (Lipinski definition) is 13. The molecular weight excluding hydrogens is 731 g/mol. The molecule has 0 radical (unpaired) electrons. The van der Waals surface area contributed by atoms with Crippen LogP contribution < -0.4 is 28.7 Å². The minimum atomic E-state index is -2.73. The first-order valence-corrected chi connectivity index (χ1v) is 20.9. The lowest BCUT2D eigenvalue weighted by atomic mass is 9.96. The Morgan fingerprint density at radius 2 is 0.893 bits per heavy atom. The summed E-state index contributed by atoms with van der Waals surface area (Å²) >= 11 is 0. The number of hydrogen-bond donors (Lipinski definition) is 0. The highest BCUT2D eigenvalue weighted by atomic mass is 31.1. The number of nitrogens with zero attached hydrogens (tertiary/aromatic N) is 6. The molecule has 14 heteroatoms. The van der Waals surface area contributed by atoms with Gasteiger partial charge in [-0.25, -0.2) is 19.9 Å². The van der Waals surface area contributed by atoms with Crippen molar-refractivity contribution in [1.29, 1.82) is 0 Å². The van der Waals surface area contributed by atoms with Gasteiger partial charge in [0, 0.05) is 54.0 Å². The first kappa shape index (κ1) is 41.1. The number of aromatic nitrogens is 4. The highest BCUT2D eigenvalue weighted by Crippen LogP contribution is 2.49. The van der Waals surface area contributed by atoms with Crippen LogP contribution in [0.2, 0.25) is 0 Å². The molecule has 0 atom stereocenters. The fourth-order valence-electron chi connectivity index (χ4n) is 7.56. The maximum atomic E-state index is 14.5. The van der Waals surface area contributed by atoms with Crippen LogP contribution in [0.5, 0.6) is 23.0 Å². The number of anilines is 2. The third kappa shape index (κ3) is 8.40. The smallest absolute Gasteiger partial charge is 0.493 e. The molecule has 0 N–H and O–H groups in total. The van der Waals surface area contributed by atoms with Gasteiger partial charge in [0.25, 0.3) is 0 Å². The molecule has 0 bridgehead atoms. The molecule has 0 unspecified atom stereocenters. The Balaban J connectivity index is 1.38. The van der Waals surface area contributed by atoms with Crippen LogP contribution in [0.15, 0.2) is 48.5 Å². The molecule has 13 nitrogen and oxygen atoms in total. The molecule has 6 rings (SSSR count). The predicted octanol–water partition coefficient (Wildman–Crippen LogP) is 9.26. The van der Waals surface area contributed by atoms with Crippen molar-refractivity contribution in [3.63, 3.8) is 0 Å². The van der Waals surface area contributed by atoms with Gasteiger partial charge in [-0.2, -0.15) is 0 Å². The van der Waals surface area contributed by atoms with Gasteiger partial charge < -0.3 is 28.7 Å². The summed E-state index contributed by atoms with van der Waals surface area (Å²) in [6.45, 7) is 11.6. The average Bonchev–Trinajstić information content (AvgIpc) is 4.00. The van der Waals surface area contributed by atoms with Gasteiger partial charge in [-0.15, -0.1) is 9.05 Å². The second-order valence-corrected chi connectivity index (χ2v) is 15.0. The first-order chi connectivity index (χ1) is 27.2. The zero-order valence-corrected chi connectivity index (χ0v) is 35.0. The standard InChI is InChI=1S/C42H56N6O7P/c1-9-41(10-2,39-43-31(27-37(45-39)47-21-13-14-22-47)29-17-19-33(50-5)35(25-29)52-7)54-56(49)55-42(11-3,12-4)40-44-32(28-38(46-40)48-23-15-16-24-48)30-18-20-34(51-6)36(26-30)53-8/h17-20,25-28H,9-16,21-24H2,1-8H3/q+1. The van der Waals surface area contributed by atoms with Crippen molar-refractivity contribution >= 4 is 19.9 Å². The summed E-state index contributed by atoms with van der Waals surface area (Å²) < 4.78 is 49.9. The lowest BCUT2D eigenvalue weighted by Gasteiger charge is -2.28.